The lowest BCUT2D eigenvalue weighted by molar-refractivity contribution is -0.804. The van der Waals surface area contributed by atoms with Gasteiger partial charge >= 0.3 is 0 Å². The summed E-state index contributed by atoms with van der Waals surface area (Å²) in [6, 6.07) is 0. The van der Waals surface area contributed by atoms with Crippen molar-refractivity contribution in [3.8, 4) is 0 Å². The third-order valence-corrected chi connectivity index (χ3v) is 3.61. The van der Waals surface area contributed by atoms with Crippen LogP contribution in [0.25, 0.3) is 0 Å². The van der Waals surface area contributed by atoms with Crippen LogP contribution in [0.15, 0.2) is 24.0 Å². The van der Waals surface area contributed by atoms with Crippen molar-refractivity contribution in [2.75, 3.05) is 6.54 Å². The molecule has 0 aromatic heterocycles. The summed E-state index contributed by atoms with van der Waals surface area (Å²) in [5, 5.41) is 0. The van der Waals surface area contributed by atoms with E-state index in [0.29, 0.717) is 0 Å². The van der Waals surface area contributed by atoms with Gasteiger partial charge in [0.05, 0.1) is 12.7 Å². The van der Waals surface area contributed by atoms with E-state index in [1.165, 1.54) is 64.3 Å². The van der Waals surface area contributed by atoms with Crippen molar-refractivity contribution < 1.29 is 17.3 Å². The van der Waals surface area contributed by atoms with E-state index in [1.807, 2.05) is 0 Å². The molecule has 0 amide bonds. The van der Waals surface area contributed by atoms with Gasteiger partial charge in [0.15, 0.2) is 0 Å². The molecule has 0 aromatic carbocycles. The van der Waals surface area contributed by atoms with Crippen molar-refractivity contribution in [2.45, 2.75) is 71.6 Å². The second-order valence-electron chi connectivity index (χ2n) is 5.20. The molecule has 1 rings (SSSR count). The van der Waals surface area contributed by atoms with Crippen molar-refractivity contribution in [3.63, 3.8) is 0 Å². The normalized spacial score (nSPS) is 17.7. The minimum atomic E-state index is 0. The van der Waals surface area contributed by atoms with Gasteiger partial charge < -0.3 is 12.4 Å². The SMILES string of the molecule is CCCCCCCC[NH+]1C=CC=C1CCCC.[Cl-]. The van der Waals surface area contributed by atoms with Crippen LogP contribution < -0.4 is 17.3 Å². The molecule has 1 heterocycles. The van der Waals surface area contributed by atoms with E-state index in [1.54, 1.807) is 10.6 Å². The van der Waals surface area contributed by atoms with Crippen LogP contribution in [-0.2, 0) is 0 Å². The number of quaternary nitrogens is 1. The zero-order chi connectivity index (χ0) is 12.3. The Balaban J connectivity index is 0.00000289. The Morgan fingerprint density at radius 1 is 0.889 bits per heavy atom. The van der Waals surface area contributed by atoms with Crippen LogP contribution >= 0.6 is 0 Å². The number of hydrogen-bond acceptors (Lipinski definition) is 0. The van der Waals surface area contributed by atoms with E-state index in [2.05, 4.69) is 32.2 Å². The molecule has 0 aliphatic carbocycles. The van der Waals surface area contributed by atoms with Gasteiger partial charge in [-0.1, -0.05) is 46.0 Å². The van der Waals surface area contributed by atoms with E-state index in [0.717, 1.165) is 0 Å². The molecular weight excluding hydrogens is 242 g/mol. The number of nitrogens with one attached hydrogen (secondary N) is 1. The Bertz CT molecular complexity index is 245. The molecule has 1 aliphatic heterocycles. The molecule has 1 nitrogen and oxygen atoms in total. The number of allylic oxidation sites excluding steroid dienone is 3. The van der Waals surface area contributed by atoms with Crippen molar-refractivity contribution in [1.29, 1.82) is 0 Å². The lowest BCUT2D eigenvalue weighted by Gasteiger charge is -2.14. The highest BCUT2D eigenvalue weighted by Gasteiger charge is 2.15. The quantitative estimate of drug-likeness (QED) is 0.562. The molecular formula is C16H30ClN. The van der Waals surface area contributed by atoms with E-state index < -0.39 is 0 Å². The average molecular weight is 272 g/mol. The molecule has 1 aliphatic rings. The second kappa shape index (κ2) is 11.8. The van der Waals surface area contributed by atoms with Crippen LogP contribution in [0.3, 0.4) is 0 Å². The first kappa shape index (κ1) is 17.7. The van der Waals surface area contributed by atoms with Crippen LogP contribution in [0.4, 0.5) is 0 Å². The standard InChI is InChI=1S/C16H29N.ClH/c1-3-5-7-8-9-10-14-17-15-11-13-16(17)12-6-4-2;/h11,13,15H,3-10,12,14H2,1-2H3;1H. The minimum absolute atomic E-state index is 0. The molecule has 0 fully saturated rings. The molecule has 18 heavy (non-hydrogen) atoms. The Morgan fingerprint density at radius 3 is 2.28 bits per heavy atom. The van der Waals surface area contributed by atoms with Gasteiger partial charge in [-0.15, -0.1) is 0 Å². The van der Waals surface area contributed by atoms with Gasteiger partial charge in [0, 0.05) is 12.5 Å². The van der Waals surface area contributed by atoms with Gasteiger partial charge in [0.1, 0.15) is 5.70 Å². The topological polar surface area (TPSA) is 4.44 Å². The lowest BCUT2D eigenvalue weighted by Crippen LogP contribution is -3.04. The third kappa shape index (κ3) is 7.23. The molecule has 1 unspecified atom stereocenters. The smallest absolute Gasteiger partial charge is 0.112 e. The Labute approximate surface area is 120 Å². The maximum Gasteiger partial charge on any atom is 0.112 e. The first-order valence-electron chi connectivity index (χ1n) is 7.62. The average Bonchev–Trinajstić information content (AvgIpc) is 2.78. The highest BCUT2D eigenvalue weighted by atomic mass is 35.5. The third-order valence-electron chi connectivity index (χ3n) is 3.61. The molecule has 0 bridgehead atoms. The number of halogens is 1. The van der Waals surface area contributed by atoms with Gasteiger partial charge in [-0.3, -0.25) is 4.90 Å². The fraction of sp³-hybridized carbons (Fsp3) is 0.750. The highest BCUT2D eigenvalue weighted by molar-refractivity contribution is 5.10. The molecule has 0 radical (unpaired) electrons. The maximum absolute atomic E-state index is 2.33. The summed E-state index contributed by atoms with van der Waals surface area (Å²) < 4.78 is 0. The largest absolute Gasteiger partial charge is 1.00 e. The van der Waals surface area contributed by atoms with Gasteiger partial charge in [-0.05, 0) is 25.3 Å². The molecule has 0 aromatic rings. The number of unbranched alkanes of at least 4 members (excludes halogenated alkanes) is 6. The first-order chi connectivity index (χ1) is 8.38. The van der Waals surface area contributed by atoms with E-state index in [-0.39, 0.29) is 12.4 Å². The fourth-order valence-corrected chi connectivity index (χ4v) is 2.45. The Hall–Kier alpha value is -0.270. The summed E-state index contributed by atoms with van der Waals surface area (Å²) in [7, 11) is 0. The van der Waals surface area contributed by atoms with Crippen molar-refractivity contribution in [3.05, 3.63) is 24.0 Å². The van der Waals surface area contributed by atoms with Gasteiger partial charge in [-0.25, -0.2) is 0 Å². The summed E-state index contributed by atoms with van der Waals surface area (Å²) in [5.74, 6) is 0. The van der Waals surface area contributed by atoms with Gasteiger partial charge in [0.25, 0.3) is 0 Å². The molecule has 106 valence electrons. The van der Waals surface area contributed by atoms with Crippen molar-refractivity contribution in [2.24, 2.45) is 0 Å². The lowest BCUT2D eigenvalue weighted by atomic mass is 10.1. The summed E-state index contributed by atoms with van der Waals surface area (Å²) in [5.41, 5.74) is 1.61. The summed E-state index contributed by atoms with van der Waals surface area (Å²) >= 11 is 0. The molecule has 2 heteroatoms. The molecule has 1 N–H and O–H groups in total. The van der Waals surface area contributed by atoms with Crippen molar-refractivity contribution >= 4 is 0 Å². The monoisotopic (exact) mass is 271 g/mol. The predicted octanol–water partition coefficient (Wildman–Crippen LogP) is 0.837. The summed E-state index contributed by atoms with van der Waals surface area (Å²) in [6.07, 6.45) is 19.2. The molecule has 0 saturated carbocycles. The maximum atomic E-state index is 2.33. The van der Waals surface area contributed by atoms with Crippen LogP contribution in [-0.4, -0.2) is 6.54 Å². The van der Waals surface area contributed by atoms with E-state index >= 15 is 0 Å². The summed E-state index contributed by atoms with van der Waals surface area (Å²) in [6.45, 7) is 5.86. The Kier molecular flexibility index (Phi) is 11.6. The predicted molar refractivity (Wildman–Crippen MR) is 76.0 cm³/mol. The van der Waals surface area contributed by atoms with Gasteiger partial charge in [-0.2, -0.15) is 0 Å². The van der Waals surface area contributed by atoms with Crippen molar-refractivity contribution in [1.82, 2.24) is 0 Å². The zero-order valence-corrected chi connectivity index (χ0v) is 12.9. The van der Waals surface area contributed by atoms with E-state index in [4.69, 9.17) is 0 Å². The molecule has 0 saturated heterocycles. The second-order valence-corrected chi connectivity index (χ2v) is 5.20. The van der Waals surface area contributed by atoms with E-state index in [9.17, 15) is 0 Å². The van der Waals surface area contributed by atoms with Crippen LogP contribution in [0, 0.1) is 0 Å². The first-order valence-corrected chi connectivity index (χ1v) is 7.62. The van der Waals surface area contributed by atoms with Crippen LogP contribution in [0.1, 0.15) is 71.6 Å². The van der Waals surface area contributed by atoms with Crippen LogP contribution in [0.2, 0.25) is 0 Å². The molecule has 0 spiro atoms. The van der Waals surface area contributed by atoms with Crippen LogP contribution in [0.5, 0.6) is 0 Å². The van der Waals surface area contributed by atoms with Gasteiger partial charge in [0.2, 0.25) is 0 Å². The highest BCUT2D eigenvalue weighted by Crippen LogP contribution is 2.06. The Morgan fingerprint density at radius 2 is 1.56 bits per heavy atom. The summed E-state index contributed by atoms with van der Waals surface area (Å²) in [4.78, 5) is 1.62. The fourth-order valence-electron chi connectivity index (χ4n) is 2.45. The number of rotatable bonds is 10. The zero-order valence-electron chi connectivity index (χ0n) is 12.2. The minimum Gasteiger partial charge on any atom is -1.00 e. The number of hydrogen-bond donors (Lipinski definition) is 1. The molecule has 1 atom stereocenters.